The number of anilines is 1. The van der Waals surface area contributed by atoms with Crippen LogP contribution in [0.25, 0.3) is 0 Å². The lowest BCUT2D eigenvalue weighted by molar-refractivity contribution is 0.0705. The Kier molecular flexibility index (Phi) is 9.25. The molecule has 2 aromatic carbocycles. The minimum atomic E-state index is -3.30. The van der Waals surface area contributed by atoms with E-state index >= 15 is 0 Å². The van der Waals surface area contributed by atoms with E-state index in [1.807, 2.05) is 24.3 Å². The van der Waals surface area contributed by atoms with Crippen molar-refractivity contribution in [3.63, 3.8) is 0 Å². The topological polar surface area (TPSA) is 106 Å². The summed E-state index contributed by atoms with van der Waals surface area (Å²) in [5, 5.41) is 0. The minimum absolute atomic E-state index is 0.0487. The van der Waals surface area contributed by atoms with Crippen molar-refractivity contribution in [1.82, 2.24) is 9.21 Å². The average molecular weight is 606 g/mol. The zero-order chi connectivity index (χ0) is 29.0. The molecule has 0 unspecified atom stereocenters. The van der Waals surface area contributed by atoms with Gasteiger partial charge in [-0.1, -0.05) is 18.2 Å². The summed E-state index contributed by atoms with van der Waals surface area (Å²) in [6.07, 6.45) is 2.39. The molecule has 0 N–H and O–H groups in total. The van der Waals surface area contributed by atoms with Crippen LogP contribution in [-0.2, 0) is 21.4 Å². The molecule has 2 fully saturated rings. The number of carbonyl (C=O) groups excluding carboxylic acids is 2. The number of hydrogen-bond acceptors (Lipinski definition) is 7. The Labute approximate surface area is 246 Å². The van der Waals surface area contributed by atoms with Gasteiger partial charge in [0.25, 0.3) is 5.91 Å². The molecule has 0 aromatic heterocycles. The molecule has 12 heteroatoms. The summed E-state index contributed by atoms with van der Waals surface area (Å²) in [7, 11) is -1.78. The Morgan fingerprint density at radius 3 is 2.49 bits per heavy atom. The number of sulfonamides is 1. The van der Waals surface area contributed by atoms with Crippen molar-refractivity contribution >= 4 is 39.3 Å². The Hall–Kier alpha value is -3.02. The van der Waals surface area contributed by atoms with Gasteiger partial charge in [0.15, 0.2) is 0 Å². The first-order chi connectivity index (χ1) is 19.8. The number of para-hydroxylation sites is 1. The van der Waals surface area contributed by atoms with Crippen molar-refractivity contribution in [3.05, 3.63) is 53.6 Å². The van der Waals surface area contributed by atoms with Crippen molar-refractivity contribution < 1.29 is 32.2 Å². The van der Waals surface area contributed by atoms with Crippen molar-refractivity contribution in [1.29, 1.82) is 0 Å². The molecule has 3 aliphatic heterocycles. The van der Waals surface area contributed by atoms with E-state index < -0.39 is 10.0 Å². The number of piperidine rings is 2. The van der Waals surface area contributed by atoms with Gasteiger partial charge < -0.3 is 19.1 Å². The second-order valence-electron chi connectivity index (χ2n) is 10.5. The van der Waals surface area contributed by atoms with E-state index in [1.165, 1.54) is 11.4 Å². The highest BCUT2D eigenvalue weighted by molar-refractivity contribution is 7.89. The lowest BCUT2D eigenvalue weighted by Gasteiger charge is -2.40. The Morgan fingerprint density at radius 2 is 1.78 bits per heavy atom. The SMILES string of the molecule is COc1cc(OC2CCN(S(=O)(=O)CCCCl)CC2)ccc1C(=O)N1CCC(N2C(=O)OCc3ccccc32)CC1. The molecule has 0 atom stereocenters. The normalized spacial score (nSPS) is 19.0. The van der Waals surface area contributed by atoms with Crippen LogP contribution in [0.1, 0.15) is 48.0 Å². The van der Waals surface area contributed by atoms with Gasteiger partial charge in [0.2, 0.25) is 10.0 Å². The molecule has 5 rings (SSSR count). The highest BCUT2D eigenvalue weighted by Gasteiger charge is 2.35. The maximum atomic E-state index is 13.5. The fourth-order valence-electron chi connectivity index (χ4n) is 5.73. The fourth-order valence-corrected chi connectivity index (χ4v) is 7.55. The number of amides is 2. The lowest BCUT2D eigenvalue weighted by atomic mass is 10.00. The van der Waals surface area contributed by atoms with E-state index in [2.05, 4.69) is 0 Å². The summed E-state index contributed by atoms with van der Waals surface area (Å²) in [5.74, 6) is 1.24. The number of halogens is 1. The van der Waals surface area contributed by atoms with Gasteiger partial charge in [-0.15, -0.1) is 11.6 Å². The number of rotatable bonds is 9. The van der Waals surface area contributed by atoms with Crippen LogP contribution in [0.2, 0.25) is 0 Å². The number of alkyl halides is 1. The maximum absolute atomic E-state index is 13.5. The quantitative estimate of drug-likeness (QED) is 0.393. The van der Waals surface area contributed by atoms with Crippen LogP contribution in [0.15, 0.2) is 42.5 Å². The summed E-state index contributed by atoms with van der Waals surface area (Å²) in [6, 6.07) is 12.9. The van der Waals surface area contributed by atoms with Crippen LogP contribution in [0.5, 0.6) is 11.5 Å². The van der Waals surface area contributed by atoms with E-state index in [9.17, 15) is 18.0 Å². The number of benzene rings is 2. The second-order valence-corrected chi connectivity index (χ2v) is 13.0. The number of fused-ring (bicyclic) bond motifs is 1. The molecule has 3 aliphatic rings. The van der Waals surface area contributed by atoms with Crippen LogP contribution in [0.3, 0.4) is 0 Å². The third-order valence-corrected chi connectivity index (χ3v) is 10.2. The van der Waals surface area contributed by atoms with E-state index in [-0.39, 0.29) is 36.5 Å². The molecule has 0 saturated carbocycles. The molecule has 2 saturated heterocycles. The first-order valence-corrected chi connectivity index (χ1v) is 16.2. The van der Waals surface area contributed by atoms with Crippen LogP contribution < -0.4 is 14.4 Å². The minimum Gasteiger partial charge on any atom is -0.496 e. The zero-order valence-corrected chi connectivity index (χ0v) is 24.7. The fraction of sp³-hybridized carbons (Fsp3) is 0.517. The average Bonchev–Trinajstić information content (AvgIpc) is 3.00. The number of nitrogens with zero attached hydrogens (tertiary/aromatic N) is 3. The van der Waals surface area contributed by atoms with Gasteiger partial charge in [-0.25, -0.2) is 17.5 Å². The molecule has 3 heterocycles. The summed E-state index contributed by atoms with van der Waals surface area (Å²) >= 11 is 5.66. The molecular formula is C29H36ClN3O7S. The third-order valence-electron chi connectivity index (χ3n) is 7.95. The van der Waals surface area contributed by atoms with Crippen LogP contribution >= 0.6 is 11.6 Å². The second kappa shape index (κ2) is 12.9. The molecular weight excluding hydrogens is 570 g/mol. The maximum Gasteiger partial charge on any atom is 0.414 e. The summed E-state index contributed by atoms with van der Waals surface area (Å²) in [4.78, 5) is 29.6. The van der Waals surface area contributed by atoms with E-state index in [1.54, 1.807) is 28.0 Å². The number of ether oxygens (including phenoxy) is 3. The molecule has 0 spiro atoms. The van der Waals surface area contributed by atoms with Crippen LogP contribution in [-0.4, -0.2) is 86.7 Å². The smallest absolute Gasteiger partial charge is 0.414 e. The van der Waals surface area contributed by atoms with Gasteiger partial charge in [0.05, 0.1) is 24.1 Å². The first-order valence-electron chi connectivity index (χ1n) is 14.0. The van der Waals surface area contributed by atoms with Crippen LogP contribution in [0, 0.1) is 0 Å². The van der Waals surface area contributed by atoms with Gasteiger partial charge in [-0.3, -0.25) is 9.69 Å². The molecule has 0 aliphatic carbocycles. The number of carbonyl (C=O) groups is 2. The number of methoxy groups -OCH3 is 1. The van der Waals surface area contributed by atoms with Gasteiger partial charge in [0.1, 0.15) is 24.2 Å². The number of likely N-dealkylation sites (tertiary alicyclic amines) is 1. The van der Waals surface area contributed by atoms with Gasteiger partial charge in [-0.2, -0.15) is 0 Å². The van der Waals surface area contributed by atoms with E-state index in [4.69, 9.17) is 25.8 Å². The molecule has 222 valence electrons. The van der Waals surface area contributed by atoms with Gasteiger partial charge >= 0.3 is 6.09 Å². The monoisotopic (exact) mass is 605 g/mol. The zero-order valence-electron chi connectivity index (χ0n) is 23.2. The van der Waals surface area contributed by atoms with Crippen LogP contribution in [0.4, 0.5) is 10.5 Å². The molecule has 0 radical (unpaired) electrons. The Morgan fingerprint density at radius 1 is 1.05 bits per heavy atom. The van der Waals surface area contributed by atoms with E-state index in [0.29, 0.717) is 81.2 Å². The Bertz CT molecular complexity index is 1360. The predicted octanol–water partition coefficient (Wildman–Crippen LogP) is 4.26. The molecule has 10 nitrogen and oxygen atoms in total. The molecule has 0 bridgehead atoms. The standard InChI is InChI=1S/C29H36ClN3O7S/c1-38-27-19-24(40-23-11-16-32(17-12-23)41(36,37)18-4-13-30)7-8-25(27)28(34)31-14-9-22(10-15-31)33-26-6-3-2-5-21(26)20-39-29(33)35/h2-3,5-8,19,22-23H,4,9-18,20H2,1H3. The summed E-state index contributed by atoms with van der Waals surface area (Å²) < 4.78 is 43.5. The summed E-state index contributed by atoms with van der Waals surface area (Å²) in [6.45, 7) is 2.09. The van der Waals surface area contributed by atoms with Gasteiger partial charge in [-0.05, 0) is 50.3 Å². The predicted molar refractivity (Wildman–Crippen MR) is 155 cm³/mol. The van der Waals surface area contributed by atoms with Crippen molar-refractivity contribution in [3.8, 4) is 11.5 Å². The van der Waals surface area contributed by atoms with Crippen molar-refractivity contribution in [2.24, 2.45) is 0 Å². The molecule has 41 heavy (non-hydrogen) atoms. The Balaban J connectivity index is 1.18. The number of hydrogen-bond donors (Lipinski definition) is 0. The number of cyclic esters (lactones) is 1. The molecule has 2 aromatic rings. The van der Waals surface area contributed by atoms with Gasteiger partial charge in [0, 0.05) is 49.7 Å². The third kappa shape index (κ3) is 6.57. The molecule has 2 amide bonds. The van der Waals surface area contributed by atoms with E-state index in [0.717, 1.165) is 11.3 Å². The highest BCUT2D eigenvalue weighted by Crippen LogP contribution is 2.33. The highest BCUT2D eigenvalue weighted by atomic mass is 35.5. The largest absolute Gasteiger partial charge is 0.496 e. The van der Waals surface area contributed by atoms with Crippen molar-refractivity contribution in [2.75, 3.05) is 49.8 Å². The lowest BCUT2D eigenvalue weighted by Crippen LogP contribution is -2.50. The first kappa shape index (κ1) is 29.5. The summed E-state index contributed by atoms with van der Waals surface area (Å²) in [5.41, 5.74) is 2.31. The van der Waals surface area contributed by atoms with Crippen molar-refractivity contribution in [2.45, 2.75) is 50.9 Å².